The normalized spacial score (nSPS) is 11.8. The lowest BCUT2D eigenvalue weighted by atomic mass is 10.2. The highest BCUT2D eigenvalue weighted by Gasteiger charge is 2.19. The Hall–Kier alpha value is -2.03. The van der Waals surface area contributed by atoms with Crippen LogP contribution < -0.4 is 5.32 Å². The zero-order valence-corrected chi connectivity index (χ0v) is 13.8. The molecule has 9 heteroatoms. The fourth-order valence-electron chi connectivity index (χ4n) is 1.49. The summed E-state index contributed by atoms with van der Waals surface area (Å²) in [6.07, 6.45) is 1.72. The molecule has 0 unspecified atom stereocenters. The summed E-state index contributed by atoms with van der Waals surface area (Å²) in [6, 6.07) is 1.34. The van der Waals surface area contributed by atoms with E-state index in [4.69, 9.17) is 4.74 Å². The van der Waals surface area contributed by atoms with Crippen LogP contribution in [-0.2, 0) is 19.5 Å². The van der Waals surface area contributed by atoms with Gasteiger partial charge in [-0.3, -0.25) is 3.97 Å². The quantitative estimate of drug-likeness (QED) is 0.806. The van der Waals surface area contributed by atoms with Crippen molar-refractivity contribution in [3.05, 3.63) is 24.0 Å². The van der Waals surface area contributed by atoms with E-state index in [2.05, 4.69) is 10.1 Å². The minimum absolute atomic E-state index is 0.108. The summed E-state index contributed by atoms with van der Waals surface area (Å²) in [5.41, 5.74) is -0.523. The highest BCUT2D eigenvalue weighted by Crippen LogP contribution is 2.08. The number of aromatic nitrogens is 1. The number of amides is 1. The Bertz CT molecular complexity index is 642. The van der Waals surface area contributed by atoms with E-state index < -0.39 is 27.7 Å². The molecule has 0 aromatic carbocycles. The van der Waals surface area contributed by atoms with Gasteiger partial charge in [0.1, 0.15) is 5.60 Å². The second-order valence-electron chi connectivity index (χ2n) is 5.47. The molecule has 0 atom stereocenters. The van der Waals surface area contributed by atoms with Crippen molar-refractivity contribution in [3.63, 3.8) is 0 Å². The summed E-state index contributed by atoms with van der Waals surface area (Å²) in [6.45, 7) is 5.01. The van der Waals surface area contributed by atoms with Gasteiger partial charge in [-0.25, -0.2) is 18.0 Å². The lowest BCUT2D eigenvalue weighted by Gasteiger charge is -2.19. The summed E-state index contributed by atoms with van der Waals surface area (Å²) in [5.74, 6) is -0.956. The van der Waals surface area contributed by atoms with E-state index in [-0.39, 0.29) is 17.9 Å². The molecule has 1 amide bonds. The summed E-state index contributed by atoms with van der Waals surface area (Å²) >= 11 is 0. The molecule has 1 N–H and O–H groups in total. The molecule has 124 valence electrons. The van der Waals surface area contributed by atoms with Crippen molar-refractivity contribution in [3.8, 4) is 0 Å². The number of rotatable bonds is 5. The molecule has 1 aromatic heterocycles. The maximum atomic E-state index is 12.0. The highest BCUT2D eigenvalue weighted by atomic mass is 32.2. The molecule has 0 aliphatic heterocycles. The van der Waals surface area contributed by atoms with Gasteiger partial charge in [0.2, 0.25) is 10.0 Å². The van der Waals surface area contributed by atoms with Crippen LogP contribution in [0.4, 0.5) is 4.79 Å². The van der Waals surface area contributed by atoms with E-state index in [1.54, 1.807) is 20.8 Å². The number of methoxy groups -OCH3 is 1. The topological polar surface area (TPSA) is 104 Å². The smallest absolute Gasteiger partial charge is 0.407 e. The maximum absolute atomic E-state index is 12.0. The number of carbonyl (C=O) groups excluding carboxylic acids is 2. The molecular weight excluding hydrogens is 312 g/mol. The molecule has 0 aliphatic carbocycles. The number of esters is 1. The first-order valence-electron chi connectivity index (χ1n) is 6.51. The average molecular weight is 332 g/mol. The van der Waals surface area contributed by atoms with E-state index in [0.717, 1.165) is 10.2 Å². The van der Waals surface area contributed by atoms with E-state index in [9.17, 15) is 18.0 Å². The van der Waals surface area contributed by atoms with E-state index in [0.29, 0.717) is 0 Å². The molecule has 0 spiro atoms. The summed E-state index contributed by atoms with van der Waals surface area (Å²) in [5, 5.41) is 2.36. The van der Waals surface area contributed by atoms with Gasteiger partial charge >= 0.3 is 12.1 Å². The Kier molecular flexibility index (Phi) is 5.59. The number of carbonyl (C=O) groups is 2. The molecule has 22 heavy (non-hydrogen) atoms. The molecule has 0 aliphatic rings. The van der Waals surface area contributed by atoms with Crippen molar-refractivity contribution in [2.24, 2.45) is 0 Å². The first-order chi connectivity index (χ1) is 10.0. The SMILES string of the molecule is COC(=O)c1ccn(S(=O)(=O)CCNC(=O)OC(C)(C)C)c1. The first kappa shape index (κ1) is 18.0. The van der Waals surface area contributed by atoms with Gasteiger partial charge in [0.25, 0.3) is 0 Å². The predicted molar refractivity (Wildman–Crippen MR) is 79.2 cm³/mol. The summed E-state index contributed by atoms with van der Waals surface area (Å²) in [4.78, 5) is 22.7. The van der Waals surface area contributed by atoms with Crippen molar-refractivity contribution in [1.82, 2.24) is 9.29 Å². The summed E-state index contributed by atoms with van der Waals surface area (Å²) < 4.78 is 34.5. The van der Waals surface area contributed by atoms with Crippen molar-refractivity contribution >= 4 is 22.1 Å². The number of hydrogen-bond acceptors (Lipinski definition) is 6. The second-order valence-corrected chi connectivity index (χ2v) is 7.46. The minimum Gasteiger partial charge on any atom is -0.465 e. The number of nitrogens with one attached hydrogen (secondary N) is 1. The fraction of sp³-hybridized carbons (Fsp3) is 0.538. The molecule has 0 saturated carbocycles. The van der Waals surface area contributed by atoms with Crippen LogP contribution in [0.2, 0.25) is 0 Å². The van der Waals surface area contributed by atoms with Crippen LogP contribution in [0.25, 0.3) is 0 Å². The zero-order chi connectivity index (χ0) is 17.0. The van der Waals surface area contributed by atoms with Crippen molar-refractivity contribution < 1.29 is 27.5 Å². The highest BCUT2D eigenvalue weighted by molar-refractivity contribution is 7.89. The van der Waals surface area contributed by atoms with Gasteiger partial charge in [-0.2, -0.15) is 0 Å². The molecule has 1 rings (SSSR count). The second kappa shape index (κ2) is 6.82. The van der Waals surface area contributed by atoms with Crippen LogP contribution in [0.3, 0.4) is 0 Å². The van der Waals surface area contributed by atoms with Gasteiger partial charge < -0.3 is 14.8 Å². The Labute approximate surface area is 129 Å². The first-order valence-corrected chi connectivity index (χ1v) is 8.12. The lowest BCUT2D eigenvalue weighted by molar-refractivity contribution is 0.0530. The van der Waals surface area contributed by atoms with Gasteiger partial charge in [0, 0.05) is 18.9 Å². The minimum atomic E-state index is -3.68. The Morgan fingerprint density at radius 1 is 1.32 bits per heavy atom. The molecule has 0 radical (unpaired) electrons. The Morgan fingerprint density at radius 3 is 2.50 bits per heavy atom. The number of alkyl carbamates (subject to hydrolysis) is 1. The number of ether oxygens (including phenoxy) is 2. The number of hydrogen-bond donors (Lipinski definition) is 1. The molecule has 1 aromatic rings. The molecule has 0 saturated heterocycles. The summed E-state index contributed by atoms with van der Waals surface area (Å²) in [7, 11) is -2.47. The monoisotopic (exact) mass is 332 g/mol. The van der Waals surface area contributed by atoms with Crippen molar-refractivity contribution in [2.45, 2.75) is 26.4 Å². The average Bonchev–Trinajstić information content (AvgIpc) is 2.85. The van der Waals surface area contributed by atoms with Gasteiger partial charge in [-0.05, 0) is 26.8 Å². The van der Waals surface area contributed by atoms with Gasteiger partial charge in [-0.1, -0.05) is 0 Å². The molecular formula is C13H20N2O6S. The maximum Gasteiger partial charge on any atom is 0.407 e. The van der Waals surface area contributed by atoms with E-state index in [1.807, 2.05) is 0 Å². The molecule has 0 fully saturated rings. The molecule has 1 heterocycles. The van der Waals surface area contributed by atoms with E-state index >= 15 is 0 Å². The van der Waals surface area contributed by atoms with Gasteiger partial charge in [0.05, 0.1) is 18.4 Å². The third-order valence-electron chi connectivity index (χ3n) is 2.44. The van der Waals surface area contributed by atoms with Gasteiger partial charge in [-0.15, -0.1) is 0 Å². The predicted octanol–water partition coefficient (Wildman–Crippen LogP) is 0.977. The van der Waals surface area contributed by atoms with Crippen LogP contribution in [-0.4, -0.2) is 49.5 Å². The van der Waals surface area contributed by atoms with Gasteiger partial charge in [0.15, 0.2) is 0 Å². The molecule has 0 bridgehead atoms. The van der Waals surface area contributed by atoms with E-state index in [1.165, 1.54) is 19.4 Å². The Balaban J connectivity index is 2.59. The Morgan fingerprint density at radius 2 is 1.95 bits per heavy atom. The standard InChI is InChI=1S/C13H20N2O6S/c1-13(2,3)21-12(17)14-6-8-22(18,19)15-7-5-10(9-15)11(16)20-4/h5,7,9H,6,8H2,1-4H3,(H,14,17). The van der Waals surface area contributed by atoms with Crippen LogP contribution in [0, 0.1) is 0 Å². The van der Waals surface area contributed by atoms with Crippen LogP contribution in [0.1, 0.15) is 31.1 Å². The third kappa shape index (κ3) is 5.40. The third-order valence-corrected chi connectivity index (χ3v) is 4.03. The van der Waals surface area contributed by atoms with Crippen molar-refractivity contribution in [2.75, 3.05) is 19.4 Å². The lowest BCUT2D eigenvalue weighted by Crippen LogP contribution is -2.35. The fourth-order valence-corrected chi connectivity index (χ4v) is 2.58. The number of nitrogens with zero attached hydrogens (tertiary/aromatic N) is 1. The largest absolute Gasteiger partial charge is 0.465 e. The van der Waals surface area contributed by atoms with Crippen LogP contribution in [0.15, 0.2) is 18.5 Å². The molecule has 8 nitrogen and oxygen atoms in total. The van der Waals surface area contributed by atoms with Crippen molar-refractivity contribution in [1.29, 1.82) is 0 Å². The zero-order valence-electron chi connectivity index (χ0n) is 13.0. The van der Waals surface area contributed by atoms with Crippen LogP contribution >= 0.6 is 0 Å². The van der Waals surface area contributed by atoms with Crippen LogP contribution in [0.5, 0.6) is 0 Å².